The van der Waals surface area contributed by atoms with E-state index in [1.165, 1.54) is 0 Å². The van der Waals surface area contributed by atoms with E-state index in [9.17, 15) is 19.7 Å². The number of amides is 1. The van der Waals surface area contributed by atoms with E-state index in [-0.39, 0.29) is 36.6 Å². The molecule has 1 saturated heterocycles. The van der Waals surface area contributed by atoms with Crippen LogP contribution in [0.5, 0.6) is 0 Å². The van der Waals surface area contributed by atoms with Crippen LogP contribution in [0, 0.1) is 16.0 Å². The first-order valence-corrected chi connectivity index (χ1v) is 7.26. The first-order valence-electron chi connectivity index (χ1n) is 7.26. The summed E-state index contributed by atoms with van der Waals surface area (Å²) >= 11 is 0. The number of nitrogens with two attached hydrogens (primary N) is 1. The minimum absolute atomic E-state index is 0. The lowest BCUT2D eigenvalue weighted by Gasteiger charge is -2.38. The van der Waals surface area contributed by atoms with E-state index in [2.05, 4.69) is 6.92 Å². The van der Waals surface area contributed by atoms with Crippen LogP contribution in [0.4, 0.5) is 5.69 Å². The molecule has 1 aromatic rings. The Labute approximate surface area is 139 Å². The summed E-state index contributed by atoms with van der Waals surface area (Å²) in [6, 6.07) is 2.20. The van der Waals surface area contributed by atoms with Crippen LogP contribution >= 0.6 is 12.4 Å². The summed E-state index contributed by atoms with van der Waals surface area (Å²) in [5.41, 5.74) is 5.08. The summed E-state index contributed by atoms with van der Waals surface area (Å²) in [7, 11) is 0. The smallest absolute Gasteiger partial charge is 0.285 e. The van der Waals surface area contributed by atoms with Gasteiger partial charge < -0.3 is 10.6 Å². The molecule has 1 aromatic heterocycles. The Morgan fingerprint density at radius 2 is 2.17 bits per heavy atom. The summed E-state index contributed by atoms with van der Waals surface area (Å²) in [5.74, 6) is 0.281. The molecular formula is C14H21ClN4O4. The highest BCUT2D eigenvalue weighted by Gasteiger charge is 2.29. The molecule has 0 aliphatic carbocycles. The van der Waals surface area contributed by atoms with Crippen LogP contribution in [0.25, 0.3) is 0 Å². The zero-order chi connectivity index (χ0) is 16.3. The number of likely N-dealkylation sites (tertiary alicyclic amines) is 1. The number of hydrogen-bond donors (Lipinski definition) is 1. The quantitative estimate of drug-likeness (QED) is 0.640. The van der Waals surface area contributed by atoms with E-state index in [1.54, 1.807) is 4.90 Å². The third-order valence-electron chi connectivity index (χ3n) is 4.05. The third-order valence-corrected chi connectivity index (χ3v) is 4.05. The van der Waals surface area contributed by atoms with Gasteiger partial charge in [0.05, 0.1) is 11.1 Å². The third kappa shape index (κ3) is 4.52. The summed E-state index contributed by atoms with van der Waals surface area (Å²) in [6.07, 6.45) is 2.84. The molecule has 2 rings (SSSR count). The molecule has 0 bridgehead atoms. The van der Waals surface area contributed by atoms with Crippen LogP contribution in [0.3, 0.4) is 0 Å². The summed E-state index contributed by atoms with van der Waals surface area (Å²) in [5, 5.41) is 10.8. The molecule has 9 heteroatoms. The van der Waals surface area contributed by atoms with Crippen molar-refractivity contribution in [3.05, 3.63) is 38.8 Å². The molecule has 8 nitrogen and oxygen atoms in total. The summed E-state index contributed by atoms with van der Waals surface area (Å²) in [4.78, 5) is 36.0. The highest BCUT2D eigenvalue weighted by atomic mass is 35.5. The van der Waals surface area contributed by atoms with Crippen molar-refractivity contribution < 1.29 is 9.72 Å². The van der Waals surface area contributed by atoms with E-state index in [0.717, 1.165) is 35.7 Å². The number of nitrogens with zero attached hydrogens (tertiary/aromatic N) is 3. The molecular weight excluding hydrogens is 324 g/mol. The van der Waals surface area contributed by atoms with E-state index >= 15 is 0 Å². The number of carbonyl (C=O) groups is 1. The Balaban J connectivity index is 0.00000264. The number of carbonyl (C=O) groups excluding carboxylic acids is 1. The van der Waals surface area contributed by atoms with E-state index < -0.39 is 10.5 Å². The molecule has 0 spiro atoms. The number of rotatable bonds is 4. The SMILES string of the molecule is CC1CCN(C(=O)Cn2cc([N+](=O)[O-])ccc2=O)C(CN)C1.Cl. The number of piperidine rings is 1. The van der Waals surface area contributed by atoms with Gasteiger partial charge in [-0.2, -0.15) is 0 Å². The number of aromatic nitrogens is 1. The first kappa shape index (κ1) is 19.1. The number of nitro groups is 1. The van der Waals surface area contributed by atoms with Gasteiger partial charge in [0.2, 0.25) is 5.91 Å². The Hall–Kier alpha value is -1.93. The van der Waals surface area contributed by atoms with Gasteiger partial charge in [-0.05, 0) is 18.8 Å². The van der Waals surface area contributed by atoms with E-state index in [0.29, 0.717) is 19.0 Å². The van der Waals surface area contributed by atoms with Crippen molar-refractivity contribution in [2.45, 2.75) is 32.4 Å². The number of hydrogen-bond acceptors (Lipinski definition) is 5. The molecule has 23 heavy (non-hydrogen) atoms. The van der Waals surface area contributed by atoms with Gasteiger partial charge in [-0.15, -0.1) is 12.4 Å². The number of pyridine rings is 1. The summed E-state index contributed by atoms with van der Waals surface area (Å²) in [6.45, 7) is 2.90. The lowest BCUT2D eigenvalue weighted by molar-refractivity contribution is -0.385. The van der Waals surface area contributed by atoms with Crippen LogP contribution < -0.4 is 11.3 Å². The molecule has 128 valence electrons. The first-order chi connectivity index (χ1) is 10.4. The van der Waals surface area contributed by atoms with Gasteiger partial charge in [-0.1, -0.05) is 6.92 Å². The Morgan fingerprint density at radius 1 is 1.48 bits per heavy atom. The van der Waals surface area contributed by atoms with Crippen molar-refractivity contribution in [3.63, 3.8) is 0 Å². The van der Waals surface area contributed by atoms with Crippen molar-refractivity contribution in [3.8, 4) is 0 Å². The van der Waals surface area contributed by atoms with Gasteiger partial charge in [0, 0.05) is 31.3 Å². The van der Waals surface area contributed by atoms with Crippen LogP contribution in [0.1, 0.15) is 19.8 Å². The normalized spacial score (nSPS) is 20.7. The van der Waals surface area contributed by atoms with Gasteiger partial charge in [0.15, 0.2) is 0 Å². The second-order valence-corrected chi connectivity index (χ2v) is 5.72. The molecule has 0 aromatic carbocycles. The highest BCUT2D eigenvalue weighted by Crippen LogP contribution is 2.22. The van der Waals surface area contributed by atoms with Gasteiger partial charge >= 0.3 is 0 Å². The van der Waals surface area contributed by atoms with Gasteiger partial charge in [0.25, 0.3) is 11.2 Å². The Morgan fingerprint density at radius 3 is 2.78 bits per heavy atom. The maximum Gasteiger partial charge on any atom is 0.285 e. The summed E-state index contributed by atoms with van der Waals surface area (Å²) < 4.78 is 1.08. The minimum atomic E-state index is -0.592. The van der Waals surface area contributed by atoms with Crippen molar-refractivity contribution in [2.24, 2.45) is 11.7 Å². The van der Waals surface area contributed by atoms with Crippen molar-refractivity contribution in [1.29, 1.82) is 0 Å². The maximum absolute atomic E-state index is 12.4. The molecule has 2 unspecified atom stereocenters. The Bertz CT molecular complexity index is 633. The fourth-order valence-corrected chi connectivity index (χ4v) is 2.79. The molecule has 2 N–H and O–H groups in total. The highest BCUT2D eigenvalue weighted by molar-refractivity contribution is 5.85. The van der Waals surface area contributed by atoms with Gasteiger partial charge in [0.1, 0.15) is 6.54 Å². The molecule has 2 atom stereocenters. The van der Waals surface area contributed by atoms with Crippen LogP contribution in [-0.2, 0) is 11.3 Å². The molecule has 1 amide bonds. The maximum atomic E-state index is 12.4. The second-order valence-electron chi connectivity index (χ2n) is 5.72. The zero-order valence-corrected chi connectivity index (χ0v) is 13.7. The second kappa shape index (κ2) is 8.07. The largest absolute Gasteiger partial charge is 0.337 e. The fourth-order valence-electron chi connectivity index (χ4n) is 2.79. The van der Waals surface area contributed by atoms with Crippen molar-refractivity contribution >= 4 is 24.0 Å². The van der Waals surface area contributed by atoms with Crippen LogP contribution in [-0.4, -0.2) is 39.4 Å². The molecule has 1 fully saturated rings. The van der Waals surface area contributed by atoms with E-state index in [4.69, 9.17) is 5.73 Å². The Kier molecular flexibility index (Phi) is 6.71. The molecule has 1 aliphatic rings. The van der Waals surface area contributed by atoms with Gasteiger partial charge in [-0.25, -0.2) is 0 Å². The van der Waals surface area contributed by atoms with Gasteiger partial charge in [-0.3, -0.25) is 24.3 Å². The zero-order valence-electron chi connectivity index (χ0n) is 12.9. The fraction of sp³-hybridized carbons (Fsp3) is 0.571. The van der Waals surface area contributed by atoms with Crippen molar-refractivity contribution in [1.82, 2.24) is 9.47 Å². The monoisotopic (exact) mass is 344 g/mol. The molecule has 0 radical (unpaired) electrons. The topological polar surface area (TPSA) is 111 Å². The predicted octanol–water partition coefficient (Wildman–Crippen LogP) is 0.764. The standard InChI is InChI=1S/C14H20N4O4.ClH/c1-10-4-5-17(12(6-10)7-15)14(20)9-16-8-11(18(21)22)2-3-13(16)19;/h2-3,8,10,12H,4-7,9,15H2,1H3;1H. The lowest BCUT2D eigenvalue weighted by atomic mass is 9.92. The lowest BCUT2D eigenvalue weighted by Crippen LogP contribution is -2.50. The molecule has 0 saturated carbocycles. The average Bonchev–Trinajstić information content (AvgIpc) is 2.48. The predicted molar refractivity (Wildman–Crippen MR) is 87.6 cm³/mol. The molecule has 1 aliphatic heterocycles. The van der Waals surface area contributed by atoms with Crippen LogP contribution in [0.15, 0.2) is 23.1 Å². The van der Waals surface area contributed by atoms with E-state index in [1.807, 2.05) is 0 Å². The molecule has 2 heterocycles. The van der Waals surface area contributed by atoms with Crippen LogP contribution in [0.2, 0.25) is 0 Å². The number of halogens is 1. The van der Waals surface area contributed by atoms with Crippen molar-refractivity contribution in [2.75, 3.05) is 13.1 Å². The minimum Gasteiger partial charge on any atom is -0.337 e. The average molecular weight is 345 g/mol.